The zero-order valence-electron chi connectivity index (χ0n) is 18.2. The molecule has 1 aliphatic carbocycles. The third kappa shape index (κ3) is 4.67. The summed E-state index contributed by atoms with van der Waals surface area (Å²) >= 11 is 0. The van der Waals surface area contributed by atoms with Crippen LogP contribution in [-0.2, 0) is 13.1 Å². The van der Waals surface area contributed by atoms with Gasteiger partial charge in [-0.05, 0) is 56.0 Å². The molecule has 0 saturated heterocycles. The van der Waals surface area contributed by atoms with E-state index in [1.165, 1.54) is 36.1 Å². The number of nitrogens with zero attached hydrogens (tertiary/aromatic N) is 2. The van der Waals surface area contributed by atoms with Gasteiger partial charge in [0.15, 0.2) is 0 Å². The molecule has 156 valence electrons. The molecule has 1 amide bonds. The van der Waals surface area contributed by atoms with E-state index in [1.807, 2.05) is 31.2 Å². The molecule has 1 aliphatic rings. The van der Waals surface area contributed by atoms with Crippen molar-refractivity contribution in [2.24, 2.45) is 0 Å². The van der Waals surface area contributed by atoms with Crippen molar-refractivity contribution in [3.8, 4) is 0 Å². The van der Waals surface area contributed by atoms with Gasteiger partial charge in [0.25, 0.3) is 5.91 Å². The van der Waals surface area contributed by atoms with Crippen LogP contribution >= 0.6 is 0 Å². The van der Waals surface area contributed by atoms with Crippen molar-refractivity contribution in [1.29, 1.82) is 0 Å². The van der Waals surface area contributed by atoms with Crippen LogP contribution in [0.2, 0.25) is 0 Å². The maximum absolute atomic E-state index is 13.6. The molecule has 0 unspecified atom stereocenters. The van der Waals surface area contributed by atoms with Gasteiger partial charge in [-0.2, -0.15) is 0 Å². The van der Waals surface area contributed by atoms with E-state index in [0.29, 0.717) is 12.6 Å². The summed E-state index contributed by atoms with van der Waals surface area (Å²) < 4.78 is 2.29. The predicted octanol–water partition coefficient (Wildman–Crippen LogP) is 6.13. The maximum atomic E-state index is 13.6. The lowest BCUT2D eigenvalue weighted by Gasteiger charge is -2.35. The lowest BCUT2D eigenvalue weighted by Crippen LogP contribution is -2.41. The van der Waals surface area contributed by atoms with Gasteiger partial charge in [0.1, 0.15) is 0 Å². The highest BCUT2D eigenvalue weighted by Gasteiger charge is 2.27. The molecule has 0 aliphatic heterocycles. The Morgan fingerprint density at radius 1 is 0.967 bits per heavy atom. The molecule has 4 rings (SSSR count). The van der Waals surface area contributed by atoms with Crippen molar-refractivity contribution >= 4 is 5.91 Å². The summed E-state index contributed by atoms with van der Waals surface area (Å²) in [4.78, 5) is 15.8. The third-order valence-electron chi connectivity index (χ3n) is 6.34. The van der Waals surface area contributed by atoms with Gasteiger partial charge in [-0.25, -0.2) is 0 Å². The summed E-state index contributed by atoms with van der Waals surface area (Å²) in [7, 11) is 0. The van der Waals surface area contributed by atoms with Gasteiger partial charge in [0.2, 0.25) is 0 Å². The second kappa shape index (κ2) is 9.34. The predicted molar refractivity (Wildman–Crippen MR) is 123 cm³/mol. The van der Waals surface area contributed by atoms with Crippen LogP contribution in [0.25, 0.3) is 0 Å². The van der Waals surface area contributed by atoms with Crippen molar-refractivity contribution in [2.45, 2.75) is 65.1 Å². The summed E-state index contributed by atoms with van der Waals surface area (Å²) in [5.41, 5.74) is 5.66. The zero-order chi connectivity index (χ0) is 20.9. The van der Waals surface area contributed by atoms with Gasteiger partial charge in [0, 0.05) is 30.0 Å². The van der Waals surface area contributed by atoms with Crippen LogP contribution in [0.15, 0.2) is 66.9 Å². The van der Waals surface area contributed by atoms with Gasteiger partial charge in [-0.3, -0.25) is 4.79 Å². The highest BCUT2D eigenvalue weighted by molar-refractivity contribution is 5.95. The van der Waals surface area contributed by atoms with Gasteiger partial charge in [0.05, 0.1) is 6.54 Å². The third-order valence-corrected chi connectivity index (χ3v) is 6.34. The molecule has 2 aromatic carbocycles. The van der Waals surface area contributed by atoms with E-state index in [9.17, 15) is 4.79 Å². The van der Waals surface area contributed by atoms with Crippen molar-refractivity contribution in [3.63, 3.8) is 0 Å². The average Bonchev–Trinajstić information content (AvgIpc) is 3.19. The smallest absolute Gasteiger partial charge is 0.254 e. The first kappa shape index (κ1) is 20.5. The van der Waals surface area contributed by atoms with Crippen LogP contribution in [0, 0.1) is 13.8 Å². The summed E-state index contributed by atoms with van der Waals surface area (Å²) in [5.74, 6) is 0.170. The minimum Gasteiger partial charge on any atom is -0.345 e. The zero-order valence-corrected chi connectivity index (χ0v) is 18.2. The molecular weight excluding hydrogens is 368 g/mol. The number of aryl methyl sites for hydroxylation is 2. The Kier molecular flexibility index (Phi) is 6.37. The molecule has 1 aromatic heterocycles. The maximum Gasteiger partial charge on any atom is 0.254 e. The van der Waals surface area contributed by atoms with E-state index in [1.54, 1.807) is 0 Å². The van der Waals surface area contributed by atoms with Crippen LogP contribution in [-0.4, -0.2) is 21.4 Å². The van der Waals surface area contributed by atoms with E-state index in [-0.39, 0.29) is 5.91 Å². The number of benzene rings is 2. The summed E-state index contributed by atoms with van der Waals surface area (Å²) in [6.45, 7) is 5.66. The molecule has 0 radical (unpaired) electrons. The van der Waals surface area contributed by atoms with Crippen LogP contribution in [0.1, 0.15) is 64.8 Å². The molecular formula is C27H32N2O. The van der Waals surface area contributed by atoms with Gasteiger partial charge >= 0.3 is 0 Å². The fourth-order valence-electron chi connectivity index (χ4n) is 4.66. The Morgan fingerprint density at radius 3 is 2.53 bits per heavy atom. The van der Waals surface area contributed by atoms with Gasteiger partial charge in [-0.15, -0.1) is 0 Å². The number of hydrogen-bond acceptors (Lipinski definition) is 1. The molecule has 0 spiro atoms. The molecule has 0 bridgehead atoms. The van der Waals surface area contributed by atoms with E-state index in [2.05, 4.69) is 59.0 Å². The number of aromatic nitrogens is 1. The number of carbonyl (C=O) groups excluding carboxylic acids is 1. The molecule has 0 N–H and O–H groups in total. The van der Waals surface area contributed by atoms with Gasteiger partial charge in [-0.1, -0.05) is 67.3 Å². The van der Waals surface area contributed by atoms with Crippen LogP contribution in [0.4, 0.5) is 0 Å². The normalized spacial score (nSPS) is 14.6. The number of rotatable bonds is 6. The number of carbonyl (C=O) groups is 1. The Balaban J connectivity index is 1.60. The molecule has 1 fully saturated rings. The monoisotopic (exact) mass is 400 g/mol. The van der Waals surface area contributed by atoms with Gasteiger partial charge < -0.3 is 9.47 Å². The Bertz CT molecular complexity index is 997. The number of amides is 1. The molecule has 1 heterocycles. The first-order valence-corrected chi connectivity index (χ1v) is 11.2. The summed E-state index contributed by atoms with van der Waals surface area (Å²) in [6.07, 6.45) is 8.06. The summed E-state index contributed by atoms with van der Waals surface area (Å²) in [6, 6.07) is 21.2. The Hall–Kier alpha value is -2.81. The average molecular weight is 401 g/mol. The fraction of sp³-hybridized carbons (Fsp3) is 0.370. The van der Waals surface area contributed by atoms with Crippen molar-refractivity contribution < 1.29 is 4.79 Å². The van der Waals surface area contributed by atoms with Crippen molar-refractivity contribution in [2.75, 3.05) is 0 Å². The highest BCUT2D eigenvalue weighted by atomic mass is 16.2. The Labute approximate surface area is 180 Å². The van der Waals surface area contributed by atoms with E-state index < -0.39 is 0 Å². The molecule has 1 saturated carbocycles. The summed E-state index contributed by atoms with van der Waals surface area (Å²) in [5, 5.41) is 0. The highest BCUT2D eigenvalue weighted by Crippen LogP contribution is 2.27. The minimum absolute atomic E-state index is 0.170. The lowest BCUT2D eigenvalue weighted by molar-refractivity contribution is 0.0608. The quantitative estimate of drug-likeness (QED) is 0.489. The molecule has 3 heteroatoms. The van der Waals surface area contributed by atoms with Crippen LogP contribution in [0.3, 0.4) is 0 Å². The van der Waals surface area contributed by atoms with E-state index >= 15 is 0 Å². The standard InChI is InChI=1S/C27H32N2O/c1-21-10-8-12-23(18-21)19-28-17-9-15-25(28)20-29(24-13-4-3-5-14-24)27(30)26-16-7-6-11-22(26)2/h6-12,15-18,24H,3-5,13-14,19-20H2,1-2H3. The lowest BCUT2D eigenvalue weighted by atomic mass is 9.93. The van der Waals surface area contributed by atoms with E-state index in [4.69, 9.17) is 0 Å². The molecule has 30 heavy (non-hydrogen) atoms. The first-order valence-electron chi connectivity index (χ1n) is 11.2. The first-order chi connectivity index (χ1) is 14.6. The van der Waals surface area contributed by atoms with Crippen LogP contribution < -0.4 is 0 Å². The second-order valence-electron chi connectivity index (χ2n) is 8.66. The molecule has 3 nitrogen and oxygen atoms in total. The second-order valence-corrected chi connectivity index (χ2v) is 8.66. The SMILES string of the molecule is Cc1cccc(Cn2cccc2CN(C(=O)c2ccccc2C)C2CCCCC2)c1. The van der Waals surface area contributed by atoms with E-state index in [0.717, 1.165) is 30.5 Å². The molecule has 0 atom stereocenters. The Morgan fingerprint density at radius 2 is 1.77 bits per heavy atom. The fourth-order valence-corrected chi connectivity index (χ4v) is 4.66. The van der Waals surface area contributed by atoms with Crippen LogP contribution in [0.5, 0.6) is 0 Å². The van der Waals surface area contributed by atoms with Crippen molar-refractivity contribution in [3.05, 3.63) is 94.8 Å². The number of hydrogen-bond donors (Lipinski definition) is 0. The molecule has 3 aromatic rings. The van der Waals surface area contributed by atoms with Crippen molar-refractivity contribution in [1.82, 2.24) is 9.47 Å². The topological polar surface area (TPSA) is 25.2 Å². The largest absolute Gasteiger partial charge is 0.345 e. The minimum atomic E-state index is 0.170.